The van der Waals surface area contributed by atoms with E-state index in [1.54, 1.807) is 9.80 Å². The summed E-state index contributed by atoms with van der Waals surface area (Å²) in [5, 5.41) is 1.17. The molecule has 4 rings (SSSR count). The van der Waals surface area contributed by atoms with Gasteiger partial charge < -0.3 is 19.7 Å². The Hall–Kier alpha value is -2.34. The molecule has 0 radical (unpaired) electrons. The van der Waals surface area contributed by atoms with Crippen molar-refractivity contribution < 1.29 is 14.5 Å². The van der Waals surface area contributed by atoms with Crippen molar-refractivity contribution in [2.24, 2.45) is 0 Å². The largest absolute Gasteiger partial charge is 0.356 e. The SMILES string of the molecule is C[C@@H]1c2[nH]c3ccccc3c2C[C@H]2C(=O)N(CCC[NH+](C)C)CC(=O)N12. The minimum atomic E-state index is -0.371. The molecule has 138 valence electrons. The van der Waals surface area contributed by atoms with Gasteiger partial charge in [0.25, 0.3) is 0 Å². The normalized spacial score (nSPS) is 22.9. The van der Waals surface area contributed by atoms with E-state index in [9.17, 15) is 9.59 Å². The maximum absolute atomic E-state index is 13.1. The number of rotatable bonds is 4. The lowest BCUT2D eigenvalue weighted by Crippen LogP contribution is -3.05. The van der Waals surface area contributed by atoms with Crippen LogP contribution in [0.5, 0.6) is 0 Å². The molecule has 2 aromatic rings. The summed E-state index contributed by atoms with van der Waals surface area (Å²) in [5.41, 5.74) is 3.35. The van der Waals surface area contributed by atoms with Crippen LogP contribution in [-0.2, 0) is 16.0 Å². The van der Waals surface area contributed by atoms with E-state index in [2.05, 4.69) is 31.2 Å². The fourth-order valence-electron chi connectivity index (χ4n) is 4.44. The Kier molecular flexibility index (Phi) is 4.23. The van der Waals surface area contributed by atoms with E-state index in [-0.39, 0.29) is 30.4 Å². The fraction of sp³-hybridized carbons (Fsp3) is 0.500. The standard InChI is InChI=1S/C20H26N4O2/c1-13-19-15(14-7-4-5-8-16(14)21-19)11-17-20(26)23(10-6-9-22(2)3)12-18(25)24(13)17/h4-5,7-8,13,17,21H,6,9-12H2,1-3H3/p+1/t13-,17+/m1/s1. The molecule has 2 amide bonds. The molecule has 26 heavy (non-hydrogen) atoms. The Morgan fingerprint density at radius 1 is 1.23 bits per heavy atom. The van der Waals surface area contributed by atoms with Crippen LogP contribution < -0.4 is 4.90 Å². The number of hydrogen-bond acceptors (Lipinski definition) is 2. The van der Waals surface area contributed by atoms with Gasteiger partial charge in [-0.15, -0.1) is 0 Å². The van der Waals surface area contributed by atoms with Gasteiger partial charge in [0.2, 0.25) is 11.8 Å². The number of piperazine rings is 1. The van der Waals surface area contributed by atoms with Crippen molar-refractivity contribution in [2.75, 3.05) is 33.7 Å². The van der Waals surface area contributed by atoms with Crippen molar-refractivity contribution >= 4 is 22.7 Å². The number of hydrogen-bond donors (Lipinski definition) is 2. The molecular weight excluding hydrogens is 328 g/mol. The lowest BCUT2D eigenvalue weighted by atomic mass is 9.90. The molecule has 6 nitrogen and oxygen atoms in total. The first-order valence-electron chi connectivity index (χ1n) is 9.46. The second kappa shape index (κ2) is 6.43. The number of aromatic nitrogens is 1. The molecule has 0 spiro atoms. The highest BCUT2D eigenvalue weighted by Crippen LogP contribution is 2.38. The molecule has 1 saturated heterocycles. The Morgan fingerprint density at radius 3 is 2.77 bits per heavy atom. The maximum Gasteiger partial charge on any atom is 0.246 e. The maximum atomic E-state index is 13.1. The summed E-state index contributed by atoms with van der Waals surface area (Å²) >= 11 is 0. The van der Waals surface area contributed by atoms with Crippen molar-refractivity contribution in [1.29, 1.82) is 0 Å². The van der Waals surface area contributed by atoms with E-state index in [4.69, 9.17) is 0 Å². The van der Waals surface area contributed by atoms with Gasteiger partial charge in [0, 0.05) is 36.0 Å². The Balaban J connectivity index is 1.63. The van der Waals surface area contributed by atoms with Crippen LogP contribution in [0.4, 0.5) is 0 Å². The van der Waals surface area contributed by atoms with Gasteiger partial charge in [0.15, 0.2) is 0 Å². The van der Waals surface area contributed by atoms with Crippen LogP contribution in [0.15, 0.2) is 24.3 Å². The summed E-state index contributed by atoms with van der Waals surface area (Å²) in [7, 11) is 4.21. The van der Waals surface area contributed by atoms with Crippen LogP contribution >= 0.6 is 0 Å². The highest BCUT2D eigenvalue weighted by atomic mass is 16.2. The van der Waals surface area contributed by atoms with E-state index in [1.807, 2.05) is 19.1 Å². The first-order chi connectivity index (χ1) is 12.5. The highest BCUT2D eigenvalue weighted by molar-refractivity contribution is 5.97. The van der Waals surface area contributed by atoms with Gasteiger partial charge in [0.05, 0.1) is 33.2 Å². The number of amides is 2. The molecule has 6 heteroatoms. The van der Waals surface area contributed by atoms with Crippen LogP contribution in [0.2, 0.25) is 0 Å². The molecule has 0 unspecified atom stereocenters. The molecule has 0 bridgehead atoms. The summed E-state index contributed by atoms with van der Waals surface area (Å²) in [6, 6.07) is 7.72. The fourth-order valence-corrected chi connectivity index (χ4v) is 4.44. The smallest absolute Gasteiger partial charge is 0.246 e. The van der Waals surface area contributed by atoms with Crippen molar-refractivity contribution in [3.8, 4) is 0 Å². The third kappa shape index (κ3) is 2.69. The lowest BCUT2D eigenvalue weighted by molar-refractivity contribution is -0.858. The number of fused-ring (bicyclic) bond motifs is 4. The van der Waals surface area contributed by atoms with E-state index in [0.29, 0.717) is 13.0 Å². The number of nitrogens with one attached hydrogen (secondary N) is 2. The van der Waals surface area contributed by atoms with Gasteiger partial charge >= 0.3 is 0 Å². The Bertz CT molecular complexity index is 857. The zero-order chi connectivity index (χ0) is 18.4. The van der Waals surface area contributed by atoms with E-state index in [0.717, 1.165) is 24.2 Å². The van der Waals surface area contributed by atoms with Crippen LogP contribution in [0.25, 0.3) is 10.9 Å². The van der Waals surface area contributed by atoms with E-state index in [1.165, 1.54) is 15.8 Å². The summed E-state index contributed by atoms with van der Waals surface area (Å²) < 4.78 is 0. The quantitative estimate of drug-likeness (QED) is 0.832. The Morgan fingerprint density at radius 2 is 2.00 bits per heavy atom. The first-order valence-corrected chi connectivity index (χ1v) is 9.46. The van der Waals surface area contributed by atoms with Crippen molar-refractivity contribution in [3.63, 3.8) is 0 Å². The third-order valence-electron chi connectivity index (χ3n) is 5.73. The van der Waals surface area contributed by atoms with Crippen LogP contribution in [0.3, 0.4) is 0 Å². The van der Waals surface area contributed by atoms with Gasteiger partial charge in [-0.25, -0.2) is 0 Å². The topological polar surface area (TPSA) is 60.9 Å². The minimum absolute atomic E-state index is 0.0589. The number of quaternary nitrogens is 1. The molecule has 2 N–H and O–H groups in total. The summed E-state index contributed by atoms with van der Waals surface area (Å²) in [5.74, 6) is 0.157. The van der Waals surface area contributed by atoms with Gasteiger partial charge in [-0.1, -0.05) is 18.2 Å². The van der Waals surface area contributed by atoms with Gasteiger partial charge in [0.1, 0.15) is 6.04 Å². The summed E-state index contributed by atoms with van der Waals surface area (Å²) in [6.07, 6.45) is 1.52. The average molecular weight is 355 g/mol. The number of benzene rings is 1. The van der Waals surface area contributed by atoms with Gasteiger partial charge in [-0.3, -0.25) is 9.59 Å². The summed E-state index contributed by atoms with van der Waals surface area (Å²) in [6.45, 7) is 3.89. The molecule has 2 atom stereocenters. The van der Waals surface area contributed by atoms with Gasteiger partial charge in [-0.2, -0.15) is 0 Å². The molecule has 1 fully saturated rings. The van der Waals surface area contributed by atoms with Crippen LogP contribution in [0, 0.1) is 0 Å². The van der Waals surface area contributed by atoms with Gasteiger partial charge in [-0.05, 0) is 18.6 Å². The predicted octanol–water partition coefficient (Wildman–Crippen LogP) is 0.359. The van der Waals surface area contributed by atoms with Crippen LogP contribution in [-0.4, -0.2) is 66.4 Å². The molecule has 0 saturated carbocycles. The number of H-pyrrole nitrogens is 1. The average Bonchev–Trinajstić information content (AvgIpc) is 2.98. The molecule has 1 aromatic heterocycles. The van der Waals surface area contributed by atoms with Crippen molar-refractivity contribution in [2.45, 2.75) is 31.8 Å². The minimum Gasteiger partial charge on any atom is -0.356 e. The predicted molar refractivity (Wildman–Crippen MR) is 99.9 cm³/mol. The van der Waals surface area contributed by atoms with Crippen molar-refractivity contribution in [3.05, 3.63) is 35.5 Å². The number of para-hydroxylation sites is 1. The monoisotopic (exact) mass is 355 g/mol. The number of nitrogens with zero attached hydrogens (tertiary/aromatic N) is 2. The molecule has 1 aromatic carbocycles. The van der Waals surface area contributed by atoms with Crippen molar-refractivity contribution in [1.82, 2.24) is 14.8 Å². The highest BCUT2D eigenvalue weighted by Gasteiger charge is 2.45. The number of carbonyl (C=O) groups excluding carboxylic acids is 2. The second-order valence-corrected chi connectivity index (χ2v) is 7.83. The molecular formula is C20H27N4O2+. The van der Waals surface area contributed by atoms with E-state index >= 15 is 0 Å². The third-order valence-corrected chi connectivity index (χ3v) is 5.73. The first kappa shape index (κ1) is 17.1. The molecule has 2 aliphatic rings. The molecule has 3 heterocycles. The second-order valence-electron chi connectivity index (χ2n) is 7.83. The summed E-state index contributed by atoms with van der Waals surface area (Å²) in [4.78, 5) is 34.3. The lowest BCUT2D eigenvalue weighted by Gasteiger charge is -2.46. The molecule has 2 aliphatic heterocycles. The van der Waals surface area contributed by atoms with Crippen LogP contribution in [0.1, 0.15) is 30.6 Å². The number of aromatic amines is 1. The number of carbonyl (C=O) groups is 2. The zero-order valence-electron chi connectivity index (χ0n) is 15.7. The molecule has 0 aliphatic carbocycles. The van der Waals surface area contributed by atoms with E-state index < -0.39 is 0 Å². The zero-order valence-corrected chi connectivity index (χ0v) is 15.7. The Labute approximate surface area is 153 Å².